The number of aliphatic hydroxyl groups excluding tert-OH is 15. The van der Waals surface area contributed by atoms with E-state index in [4.69, 9.17) is 47.4 Å². The maximum atomic E-state index is 15.6. The largest absolute Gasteiger partial charge is 0.432 e. The van der Waals surface area contributed by atoms with E-state index in [0.717, 1.165) is 5.57 Å². The minimum Gasteiger partial charge on any atom is -0.432 e. The van der Waals surface area contributed by atoms with Crippen LogP contribution >= 0.6 is 0 Å². The summed E-state index contributed by atoms with van der Waals surface area (Å²) in [4.78, 5) is 15.6. The van der Waals surface area contributed by atoms with E-state index in [1.807, 2.05) is 6.92 Å². The van der Waals surface area contributed by atoms with E-state index in [1.165, 1.54) is 6.92 Å². The molecule has 0 unspecified atom stereocenters. The smallest absolute Gasteiger partial charge is 0.315 e. The number of fused-ring (bicyclic) bond motifs is 7. The molecule has 27 heteroatoms. The zero-order valence-corrected chi connectivity index (χ0v) is 49.3. The highest BCUT2D eigenvalue weighted by Crippen LogP contribution is 2.76. The van der Waals surface area contributed by atoms with Gasteiger partial charge in [0.05, 0.1) is 63.4 Å². The predicted molar refractivity (Wildman–Crippen MR) is 285 cm³/mol. The van der Waals surface area contributed by atoms with Crippen LogP contribution in [0.3, 0.4) is 0 Å². The molecule has 0 aromatic rings. The Kier molecular flexibility index (Phi) is 18.7. The van der Waals surface area contributed by atoms with Gasteiger partial charge in [-0.25, -0.2) is 0 Å². The van der Waals surface area contributed by atoms with Gasteiger partial charge in [-0.15, -0.1) is 0 Å². The molecule has 27 nitrogen and oxygen atoms in total. The first-order chi connectivity index (χ1) is 39.8. The number of allylic oxidation sites excluding steroid dienone is 2. The fraction of sp³-hybridized carbons (Fsp3) is 0.948. The summed E-state index contributed by atoms with van der Waals surface area (Å²) in [6, 6.07) is 0. The van der Waals surface area contributed by atoms with Crippen molar-refractivity contribution in [2.45, 2.75) is 253 Å². The number of hydrogen-bond donors (Lipinski definition) is 16. The number of carbonyl (C=O) groups is 1. The quantitative estimate of drug-likeness (QED) is 0.0448. The molecule has 5 heterocycles. The van der Waals surface area contributed by atoms with Crippen LogP contribution in [0.4, 0.5) is 0 Å². The predicted octanol–water partition coefficient (Wildman–Crippen LogP) is -3.96. The lowest BCUT2D eigenvalue weighted by molar-refractivity contribution is -0.385. The van der Waals surface area contributed by atoms with Crippen LogP contribution < -0.4 is 0 Å². The molecule has 0 bridgehead atoms. The molecule has 32 atom stereocenters. The van der Waals surface area contributed by atoms with Gasteiger partial charge in [-0.2, -0.15) is 0 Å². The van der Waals surface area contributed by atoms with Crippen LogP contribution in [-0.4, -0.2) is 274 Å². The van der Waals surface area contributed by atoms with Crippen molar-refractivity contribution in [3.8, 4) is 0 Å². The Bertz CT molecular complexity index is 2390. The van der Waals surface area contributed by atoms with Gasteiger partial charge < -0.3 is 129 Å². The van der Waals surface area contributed by atoms with Gasteiger partial charge in [0.25, 0.3) is 0 Å². The first kappa shape index (κ1) is 66.1. The van der Waals surface area contributed by atoms with Gasteiger partial charge in [0, 0.05) is 5.41 Å². The molecule has 5 aliphatic carbocycles. The second kappa shape index (κ2) is 24.0. The van der Waals surface area contributed by atoms with E-state index in [9.17, 15) is 81.7 Å². The second-order valence-electron chi connectivity index (χ2n) is 28.3. The van der Waals surface area contributed by atoms with Gasteiger partial charge in [0.1, 0.15) is 91.1 Å². The van der Waals surface area contributed by atoms with E-state index in [0.29, 0.717) is 51.4 Å². The number of rotatable bonds is 14. The Balaban J connectivity index is 0.917. The van der Waals surface area contributed by atoms with Gasteiger partial charge in [0.2, 0.25) is 6.29 Å². The molecular formula is C58H94O27. The van der Waals surface area contributed by atoms with Crippen molar-refractivity contribution in [3.05, 3.63) is 11.6 Å². The lowest BCUT2D eigenvalue weighted by Crippen LogP contribution is -2.69. The highest BCUT2D eigenvalue weighted by molar-refractivity contribution is 5.79. The van der Waals surface area contributed by atoms with Crippen molar-refractivity contribution in [2.75, 3.05) is 39.6 Å². The fourth-order valence-electron chi connectivity index (χ4n) is 17.5. The maximum Gasteiger partial charge on any atom is 0.315 e. The van der Waals surface area contributed by atoms with Crippen molar-refractivity contribution < 1.29 is 134 Å². The highest BCUT2D eigenvalue weighted by Gasteiger charge is 2.72. The topological polar surface area (TPSA) is 433 Å². The third-order valence-corrected chi connectivity index (χ3v) is 22.9. The molecule has 10 rings (SSSR count). The normalized spacial score (nSPS) is 55.1. The van der Waals surface area contributed by atoms with Crippen LogP contribution in [0, 0.1) is 50.2 Å². The molecule has 4 saturated carbocycles. The molecule has 0 aromatic carbocycles. The Hall–Kier alpha value is -1.79. The number of aliphatic hydroxyl groups is 16. The molecule has 0 amide bonds. The Morgan fingerprint density at radius 2 is 1.20 bits per heavy atom. The number of esters is 1. The Labute approximate surface area is 493 Å². The van der Waals surface area contributed by atoms with Crippen LogP contribution in [0.15, 0.2) is 11.6 Å². The van der Waals surface area contributed by atoms with E-state index in [-0.39, 0.29) is 29.6 Å². The molecule has 488 valence electrons. The summed E-state index contributed by atoms with van der Waals surface area (Å²) in [5, 5.41) is 175. The standard InChI is InChI=1S/C58H94O27/c1-24-41(81-46-38(70)33(65)28(64)20-76-46)42(82-50-44(73)58(75,22-62)23-77-50)40(72)48(78-24)83-43-37(69)35(67)30(19-60)80-49(43)85-51(74)57-14-12-52(2,3)16-26(57)25-8-9-32-53(4)17-27(63)45(84-47-39(71)36(68)34(66)29(18-59)79-47)54(5,21-61)31(53)10-11-56(32,7)55(25,6)13-15-57/h8,24,26-50,59-73,75H,9-23H2,1-7H3/t24-,26-,27-,28+,29+,30+,31+,32+,33-,34+,35+,36-,37-,38+,39+,40+,41-,42-,43+,44-,45-,46+,47-,48-,49-,50-,53-,54-,55+,56+,57-,58+/m1/s1. The summed E-state index contributed by atoms with van der Waals surface area (Å²) in [5.41, 5.74) is -5.17. The van der Waals surface area contributed by atoms with E-state index in [2.05, 4.69) is 40.7 Å². The zero-order valence-electron chi connectivity index (χ0n) is 49.3. The summed E-state index contributed by atoms with van der Waals surface area (Å²) in [5.74, 6) is -1.37. The molecule has 85 heavy (non-hydrogen) atoms. The molecule has 9 fully saturated rings. The Morgan fingerprint density at radius 1 is 0.588 bits per heavy atom. The van der Waals surface area contributed by atoms with Crippen LogP contribution in [0.5, 0.6) is 0 Å². The molecule has 5 saturated heterocycles. The van der Waals surface area contributed by atoms with Crippen molar-refractivity contribution in [1.29, 1.82) is 0 Å². The van der Waals surface area contributed by atoms with Gasteiger partial charge >= 0.3 is 5.97 Å². The maximum absolute atomic E-state index is 15.6. The summed E-state index contributed by atoms with van der Waals surface area (Å²) in [6.45, 7) is 10.4. The third kappa shape index (κ3) is 10.8. The van der Waals surface area contributed by atoms with Crippen molar-refractivity contribution in [3.63, 3.8) is 0 Å². The number of ether oxygens (including phenoxy) is 10. The highest BCUT2D eigenvalue weighted by atomic mass is 16.8. The summed E-state index contributed by atoms with van der Waals surface area (Å²) >= 11 is 0. The lowest BCUT2D eigenvalue weighted by Gasteiger charge is -2.72. The van der Waals surface area contributed by atoms with Gasteiger partial charge in [-0.3, -0.25) is 4.79 Å². The molecule has 5 aliphatic heterocycles. The van der Waals surface area contributed by atoms with E-state index < -0.39 is 220 Å². The minimum atomic E-state index is -2.19. The van der Waals surface area contributed by atoms with Crippen LogP contribution in [0.25, 0.3) is 0 Å². The summed E-state index contributed by atoms with van der Waals surface area (Å²) in [6.07, 6.45) is -30.9. The molecule has 16 N–H and O–H groups in total. The molecule has 0 spiro atoms. The second-order valence-corrected chi connectivity index (χ2v) is 28.3. The van der Waals surface area contributed by atoms with Crippen molar-refractivity contribution in [1.82, 2.24) is 0 Å². The number of hydrogen-bond acceptors (Lipinski definition) is 27. The lowest BCUT2D eigenvalue weighted by atomic mass is 9.33. The first-order valence-corrected chi connectivity index (χ1v) is 30.2. The third-order valence-electron chi connectivity index (χ3n) is 22.9. The molecule has 0 radical (unpaired) electrons. The van der Waals surface area contributed by atoms with E-state index in [1.54, 1.807) is 0 Å². The van der Waals surface area contributed by atoms with E-state index >= 15 is 4.79 Å². The van der Waals surface area contributed by atoms with Gasteiger partial charge in [0.15, 0.2) is 31.3 Å². The zero-order chi connectivity index (χ0) is 62.1. The Morgan fingerprint density at radius 3 is 1.85 bits per heavy atom. The van der Waals surface area contributed by atoms with Crippen LogP contribution in [0.1, 0.15) is 106 Å². The first-order valence-electron chi connectivity index (χ1n) is 30.2. The number of carbonyl (C=O) groups excluding carboxylic acids is 1. The van der Waals surface area contributed by atoms with Gasteiger partial charge in [-0.05, 0) is 104 Å². The fourth-order valence-corrected chi connectivity index (χ4v) is 17.5. The average Bonchev–Trinajstić information content (AvgIpc) is 0.996. The van der Waals surface area contributed by atoms with Crippen molar-refractivity contribution in [2.24, 2.45) is 50.2 Å². The van der Waals surface area contributed by atoms with Crippen LogP contribution in [0.2, 0.25) is 0 Å². The van der Waals surface area contributed by atoms with Crippen LogP contribution in [-0.2, 0) is 52.2 Å². The molecule has 0 aromatic heterocycles. The SMILES string of the molecule is C[C@H]1O[C@H](O[C@@H]2[C@@H](OC(=O)[C@@]34CCC(C)(C)C[C@@H]3C3=CC[C@H]5[C@]6(C)C[C@@H](O)[C@@H](O[C@H]7O[C@@H](CO)[C@H](O)[C@@H](O)[C@@H]7O)[C@](C)(CO)[C@H]6CC[C@]5(C)[C@@]3(C)CC4)O[C@@H](CO)[C@H](O)[C@H]2O)[C@@H](O)[C@@H](O[C@H]2OC[C@@](O)(CO)[C@@H]2O)[C@@H]1O[C@@H]1OC[C@H](O)[C@@H](O)[C@@H]1O. The van der Waals surface area contributed by atoms with Gasteiger partial charge in [-0.1, -0.05) is 53.2 Å². The summed E-state index contributed by atoms with van der Waals surface area (Å²) < 4.78 is 60.1. The monoisotopic (exact) mass is 1220 g/mol. The minimum absolute atomic E-state index is 0.0604. The van der Waals surface area contributed by atoms with Crippen molar-refractivity contribution >= 4 is 5.97 Å². The summed E-state index contributed by atoms with van der Waals surface area (Å²) in [7, 11) is 0. The molecular weight excluding hydrogens is 1130 g/mol. The molecule has 10 aliphatic rings. The average molecular weight is 1220 g/mol.